The predicted molar refractivity (Wildman–Crippen MR) is 77.0 cm³/mol. The van der Waals surface area contributed by atoms with Gasteiger partial charge in [-0.1, -0.05) is 33.4 Å². The van der Waals surface area contributed by atoms with E-state index in [1.54, 1.807) is 0 Å². The van der Waals surface area contributed by atoms with Crippen LogP contribution < -0.4 is 0 Å². The molecule has 0 unspecified atom stereocenters. The summed E-state index contributed by atoms with van der Waals surface area (Å²) < 4.78 is 0. The molecular formula is C15H30N2. The van der Waals surface area contributed by atoms with Gasteiger partial charge in [-0.15, -0.1) is 0 Å². The van der Waals surface area contributed by atoms with Crippen LogP contribution in [0, 0.1) is 0 Å². The zero-order valence-corrected chi connectivity index (χ0v) is 12.2. The van der Waals surface area contributed by atoms with Crippen LogP contribution in [0.15, 0.2) is 18.1 Å². The van der Waals surface area contributed by atoms with Crippen molar-refractivity contribution in [2.45, 2.75) is 53.4 Å². The molecule has 100 valence electrons. The molecule has 0 aliphatic rings. The van der Waals surface area contributed by atoms with Crippen LogP contribution in [0.4, 0.5) is 0 Å². The fraction of sp³-hybridized carbons (Fsp3) is 0.800. The van der Waals surface area contributed by atoms with Gasteiger partial charge in [-0.25, -0.2) is 0 Å². The lowest BCUT2D eigenvalue weighted by Crippen LogP contribution is -2.20. The standard InChI is InChI=1S/C15H30N2/c1-5-10-16(11-6-2)14-9-15-17(12-7-3)13-8-4/h14-15H,5-8,10-13H2,1-4H3. The third-order valence-electron chi connectivity index (χ3n) is 2.56. The molecule has 17 heavy (non-hydrogen) atoms. The number of rotatable bonds is 10. The highest BCUT2D eigenvalue weighted by Gasteiger charge is 1.95. The number of nitrogens with zero attached hydrogens (tertiary/aromatic N) is 2. The van der Waals surface area contributed by atoms with Gasteiger partial charge in [0, 0.05) is 38.6 Å². The largest absolute Gasteiger partial charge is 0.371 e. The monoisotopic (exact) mass is 238 g/mol. The van der Waals surface area contributed by atoms with Gasteiger partial charge in [0.1, 0.15) is 0 Å². The van der Waals surface area contributed by atoms with Gasteiger partial charge in [0.15, 0.2) is 0 Å². The van der Waals surface area contributed by atoms with Gasteiger partial charge in [-0.05, 0) is 25.7 Å². The molecule has 2 heteroatoms. The first-order valence-corrected chi connectivity index (χ1v) is 7.19. The minimum Gasteiger partial charge on any atom is -0.371 e. The third kappa shape index (κ3) is 8.88. The second kappa shape index (κ2) is 11.6. The van der Waals surface area contributed by atoms with Crippen molar-refractivity contribution >= 4 is 0 Å². The van der Waals surface area contributed by atoms with Gasteiger partial charge < -0.3 is 9.80 Å². The maximum atomic E-state index is 3.33. The fourth-order valence-electron chi connectivity index (χ4n) is 1.87. The number of hydrogen-bond donors (Lipinski definition) is 0. The van der Waals surface area contributed by atoms with E-state index in [1.807, 2.05) is 0 Å². The van der Waals surface area contributed by atoms with Crippen LogP contribution in [-0.2, 0) is 0 Å². The summed E-state index contributed by atoms with van der Waals surface area (Å²) in [5.74, 6) is 0. The van der Waals surface area contributed by atoms with Gasteiger partial charge in [0.2, 0.25) is 0 Å². The quantitative estimate of drug-likeness (QED) is 0.533. The molecule has 0 heterocycles. The molecule has 0 aromatic carbocycles. The summed E-state index contributed by atoms with van der Waals surface area (Å²) in [5.41, 5.74) is 3.33. The molecule has 0 N–H and O–H groups in total. The van der Waals surface area contributed by atoms with Crippen LogP contribution in [0.3, 0.4) is 0 Å². The summed E-state index contributed by atoms with van der Waals surface area (Å²) in [5, 5.41) is 0. The summed E-state index contributed by atoms with van der Waals surface area (Å²) in [6, 6.07) is 0. The first kappa shape index (κ1) is 16.1. The van der Waals surface area contributed by atoms with Crippen molar-refractivity contribution in [2.24, 2.45) is 0 Å². The molecule has 0 bridgehead atoms. The van der Waals surface area contributed by atoms with E-state index in [-0.39, 0.29) is 0 Å². The van der Waals surface area contributed by atoms with E-state index < -0.39 is 0 Å². The van der Waals surface area contributed by atoms with Crippen molar-refractivity contribution in [1.29, 1.82) is 0 Å². The van der Waals surface area contributed by atoms with Crippen molar-refractivity contribution in [3.8, 4) is 0 Å². The third-order valence-corrected chi connectivity index (χ3v) is 2.56. The molecule has 0 atom stereocenters. The Hall–Kier alpha value is -0.880. The Labute approximate surface area is 108 Å². The molecule has 0 radical (unpaired) electrons. The van der Waals surface area contributed by atoms with Crippen molar-refractivity contribution in [3.63, 3.8) is 0 Å². The smallest absolute Gasteiger partial charge is 0.0439 e. The summed E-state index contributed by atoms with van der Waals surface area (Å²) in [6.07, 6.45) is 9.03. The Kier molecular flexibility index (Phi) is 11.0. The van der Waals surface area contributed by atoms with Gasteiger partial charge in [0.25, 0.3) is 0 Å². The average Bonchev–Trinajstić information content (AvgIpc) is 2.30. The van der Waals surface area contributed by atoms with Crippen molar-refractivity contribution in [3.05, 3.63) is 18.1 Å². The van der Waals surface area contributed by atoms with Crippen LogP contribution in [0.25, 0.3) is 0 Å². The minimum atomic E-state index is 1.14. The van der Waals surface area contributed by atoms with E-state index in [0.717, 1.165) is 26.2 Å². The van der Waals surface area contributed by atoms with Crippen LogP contribution in [0.5, 0.6) is 0 Å². The zero-order valence-electron chi connectivity index (χ0n) is 12.2. The molecular weight excluding hydrogens is 208 g/mol. The first-order chi connectivity index (χ1) is 8.28. The SMILES string of the molecule is CCCN(C=C=CN(CCC)CCC)CCC. The fourth-order valence-corrected chi connectivity index (χ4v) is 1.87. The van der Waals surface area contributed by atoms with E-state index in [0.29, 0.717) is 0 Å². The summed E-state index contributed by atoms with van der Waals surface area (Å²) in [4.78, 5) is 4.71. The second-order valence-electron chi connectivity index (χ2n) is 4.50. The minimum absolute atomic E-state index is 1.14. The molecule has 0 amide bonds. The highest BCUT2D eigenvalue weighted by molar-refractivity contribution is 4.85. The molecule has 0 aliphatic heterocycles. The average molecular weight is 238 g/mol. The molecule has 0 aromatic heterocycles. The molecule has 0 aliphatic carbocycles. The maximum absolute atomic E-state index is 3.33. The van der Waals surface area contributed by atoms with E-state index in [4.69, 9.17) is 0 Å². The van der Waals surface area contributed by atoms with Crippen molar-refractivity contribution < 1.29 is 0 Å². The van der Waals surface area contributed by atoms with E-state index in [1.165, 1.54) is 25.7 Å². The van der Waals surface area contributed by atoms with E-state index >= 15 is 0 Å². The van der Waals surface area contributed by atoms with Crippen molar-refractivity contribution in [1.82, 2.24) is 9.80 Å². The van der Waals surface area contributed by atoms with Gasteiger partial charge in [-0.3, -0.25) is 0 Å². The Morgan fingerprint density at radius 3 is 1.18 bits per heavy atom. The lowest BCUT2D eigenvalue weighted by molar-refractivity contribution is 0.367. The molecule has 2 nitrogen and oxygen atoms in total. The Morgan fingerprint density at radius 2 is 0.941 bits per heavy atom. The van der Waals surface area contributed by atoms with E-state index in [9.17, 15) is 0 Å². The van der Waals surface area contributed by atoms with Crippen LogP contribution in [-0.4, -0.2) is 36.0 Å². The van der Waals surface area contributed by atoms with Crippen molar-refractivity contribution in [2.75, 3.05) is 26.2 Å². The maximum Gasteiger partial charge on any atom is 0.0439 e. The highest BCUT2D eigenvalue weighted by Crippen LogP contribution is 1.97. The lowest BCUT2D eigenvalue weighted by atomic mass is 10.3. The Bertz CT molecular complexity index is 185. The Morgan fingerprint density at radius 1 is 0.647 bits per heavy atom. The van der Waals surface area contributed by atoms with Gasteiger partial charge in [0.05, 0.1) is 0 Å². The Balaban J connectivity index is 4.28. The van der Waals surface area contributed by atoms with Crippen LogP contribution in [0.2, 0.25) is 0 Å². The molecule has 0 aromatic rings. The summed E-state index contributed by atoms with van der Waals surface area (Å²) in [7, 11) is 0. The van der Waals surface area contributed by atoms with Gasteiger partial charge >= 0.3 is 0 Å². The molecule has 0 fully saturated rings. The van der Waals surface area contributed by atoms with Crippen LogP contribution >= 0.6 is 0 Å². The number of hydrogen-bond acceptors (Lipinski definition) is 2. The zero-order chi connectivity index (χ0) is 12.9. The topological polar surface area (TPSA) is 6.48 Å². The van der Waals surface area contributed by atoms with Crippen LogP contribution in [0.1, 0.15) is 53.4 Å². The van der Waals surface area contributed by atoms with E-state index in [2.05, 4.69) is 55.6 Å². The lowest BCUT2D eigenvalue weighted by Gasteiger charge is -2.18. The summed E-state index contributed by atoms with van der Waals surface area (Å²) in [6.45, 7) is 13.4. The molecule has 0 spiro atoms. The second-order valence-corrected chi connectivity index (χ2v) is 4.50. The molecule has 0 saturated carbocycles. The first-order valence-electron chi connectivity index (χ1n) is 7.19. The summed E-state index contributed by atoms with van der Waals surface area (Å²) >= 11 is 0. The predicted octanol–water partition coefficient (Wildman–Crippen LogP) is 3.86. The highest BCUT2D eigenvalue weighted by atomic mass is 15.1. The molecule has 0 saturated heterocycles. The molecule has 0 rings (SSSR count). The normalized spacial score (nSPS) is 9.65. The van der Waals surface area contributed by atoms with Gasteiger partial charge in [-0.2, -0.15) is 0 Å².